The first-order chi connectivity index (χ1) is 6.94. The zero-order valence-corrected chi connectivity index (χ0v) is 9.58. The summed E-state index contributed by atoms with van der Waals surface area (Å²) in [7, 11) is 1.33. The molecule has 1 aliphatic carbocycles. The summed E-state index contributed by atoms with van der Waals surface area (Å²) in [4.78, 5) is 23.5. The van der Waals surface area contributed by atoms with Crippen LogP contribution in [0.4, 0.5) is 0 Å². The third-order valence-electron chi connectivity index (χ3n) is 3.13. The maximum Gasteiger partial charge on any atom is 0.316 e. The minimum Gasteiger partial charge on any atom is -0.468 e. The Morgan fingerprint density at radius 3 is 2.73 bits per heavy atom. The number of hydrogen-bond acceptors (Lipinski definition) is 3. The molecule has 2 atom stereocenters. The van der Waals surface area contributed by atoms with Crippen LogP contribution in [0.15, 0.2) is 12.7 Å². The number of ketones is 1. The fourth-order valence-corrected chi connectivity index (χ4v) is 2.43. The molecule has 0 aliphatic heterocycles. The molecule has 1 saturated carbocycles. The van der Waals surface area contributed by atoms with Crippen molar-refractivity contribution in [2.24, 2.45) is 17.3 Å². The predicted molar refractivity (Wildman–Crippen MR) is 57.2 cm³/mol. The number of esters is 1. The van der Waals surface area contributed by atoms with Gasteiger partial charge in [0.15, 0.2) is 5.78 Å². The molecule has 0 aromatic rings. The van der Waals surface area contributed by atoms with Gasteiger partial charge in [0.25, 0.3) is 0 Å². The van der Waals surface area contributed by atoms with Crippen LogP contribution in [0.25, 0.3) is 0 Å². The minimum atomic E-state index is -0.604. The van der Waals surface area contributed by atoms with Crippen LogP contribution in [-0.4, -0.2) is 18.9 Å². The summed E-state index contributed by atoms with van der Waals surface area (Å²) in [5.41, 5.74) is -0.294. The molecule has 0 aromatic heterocycles. The molecule has 0 radical (unpaired) electrons. The molecule has 0 saturated heterocycles. The van der Waals surface area contributed by atoms with Gasteiger partial charge in [-0.05, 0) is 18.3 Å². The summed E-state index contributed by atoms with van der Waals surface area (Å²) in [5, 5.41) is 0. The second kappa shape index (κ2) is 4.17. The van der Waals surface area contributed by atoms with Crippen molar-refractivity contribution in [2.75, 3.05) is 7.11 Å². The van der Waals surface area contributed by atoms with E-state index in [1.54, 1.807) is 6.08 Å². The Kier molecular flexibility index (Phi) is 3.32. The second-order valence-electron chi connectivity index (χ2n) is 4.77. The molecule has 0 heterocycles. The number of rotatable bonds is 3. The third kappa shape index (κ3) is 2.11. The predicted octanol–water partition coefficient (Wildman–Crippen LogP) is 1.97. The van der Waals surface area contributed by atoms with Gasteiger partial charge in [-0.3, -0.25) is 9.59 Å². The SMILES string of the molecule is C=CCC1CC(C)(C)C(C(=O)OC)C1=O. The van der Waals surface area contributed by atoms with Gasteiger partial charge in [0.05, 0.1) is 7.11 Å². The van der Waals surface area contributed by atoms with Crippen molar-refractivity contribution in [2.45, 2.75) is 26.7 Å². The van der Waals surface area contributed by atoms with Crippen molar-refractivity contribution in [3.05, 3.63) is 12.7 Å². The van der Waals surface area contributed by atoms with Crippen LogP contribution in [0.5, 0.6) is 0 Å². The highest BCUT2D eigenvalue weighted by molar-refractivity contribution is 6.02. The van der Waals surface area contributed by atoms with Gasteiger partial charge in [-0.2, -0.15) is 0 Å². The van der Waals surface area contributed by atoms with Gasteiger partial charge in [-0.1, -0.05) is 19.9 Å². The lowest BCUT2D eigenvalue weighted by Crippen LogP contribution is -2.31. The van der Waals surface area contributed by atoms with Crippen LogP contribution in [0.1, 0.15) is 26.7 Å². The van der Waals surface area contributed by atoms with Crippen molar-refractivity contribution in [3.63, 3.8) is 0 Å². The number of methoxy groups -OCH3 is 1. The Balaban J connectivity index is 2.91. The fraction of sp³-hybridized carbons (Fsp3) is 0.667. The zero-order valence-electron chi connectivity index (χ0n) is 9.58. The van der Waals surface area contributed by atoms with E-state index in [2.05, 4.69) is 11.3 Å². The number of carbonyl (C=O) groups excluding carboxylic acids is 2. The van der Waals surface area contributed by atoms with Gasteiger partial charge in [-0.25, -0.2) is 0 Å². The lowest BCUT2D eigenvalue weighted by molar-refractivity contribution is -0.151. The van der Waals surface area contributed by atoms with Crippen LogP contribution in [-0.2, 0) is 14.3 Å². The number of hydrogen-bond donors (Lipinski definition) is 0. The van der Waals surface area contributed by atoms with Gasteiger partial charge in [0.2, 0.25) is 0 Å². The Morgan fingerprint density at radius 1 is 1.67 bits per heavy atom. The van der Waals surface area contributed by atoms with E-state index in [-0.39, 0.29) is 17.1 Å². The number of carbonyl (C=O) groups is 2. The van der Waals surface area contributed by atoms with Crippen LogP contribution in [0.3, 0.4) is 0 Å². The molecule has 1 rings (SSSR count). The summed E-state index contributed by atoms with van der Waals surface area (Å²) in [6.07, 6.45) is 3.12. The molecule has 2 unspecified atom stereocenters. The molecule has 3 heteroatoms. The highest BCUT2D eigenvalue weighted by atomic mass is 16.5. The van der Waals surface area contributed by atoms with Crippen LogP contribution < -0.4 is 0 Å². The molecule has 0 bridgehead atoms. The lowest BCUT2D eigenvalue weighted by atomic mass is 9.81. The fourth-order valence-electron chi connectivity index (χ4n) is 2.43. The average molecular weight is 210 g/mol. The van der Waals surface area contributed by atoms with E-state index in [4.69, 9.17) is 0 Å². The van der Waals surface area contributed by atoms with E-state index in [0.717, 1.165) is 6.42 Å². The summed E-state index contributed by atoms with van der Waals surface area (Å²) >= 11 is 0. The van der Waals surface area contributed by atoms with Crippen molar-refractivity contribution >= 4 is 11.8 Å². The quantitative estimate of drug-likeness (QED) is 0.406. The molecule has 84 valence electrons. The Labute approximate surface area is 90.5 Å². The topological polar surface area (TPSA) is 43.4 Å². The Morgan fingerprint density at radius 2 is 2.27 bits per heavy atom. The molecule has 1 aliphatic rings. The average Bonchev–Trinajstić information content (AvgIpc) is 2.37. The molecular formula is C12H18O3. The van der Waals surface area contributed by atoms with E-state index in [1.807, 2.05) is 13.8 Å². The van der Waals surface area contributed by atoms with E-state index in [1.165, 1.54) is 7.11 Å². The number of ether oxygens (including phenoxy) is 1. The normalized spacial score (nSPS) is 28.9. The number of Topliss-reactive ketones (excluding diaryl/α,β-unsaturated/α-hetero) is 1. The van der Waals surface area contributed by atoms with Gasteiger partial charge < -0.3 is 4.74 Å². The van der Waals surface area contributed by atoms with Crippen molar-refractivity contribution in [3.8, 4) is 0 Å². The van der Waals surface area contributed by atoms with Crippen LogP contribution in [0.2, 0.25) is 0 Å². The molecule has 0 amide bonds. The molecule has 15 heavy (non-hydrogen) atoms. The summed E-state index contributed by atoms with van der Waals surface area (Å²) in [6, 6.07) is 0. The van der Waals surface area contributed by atoms with Crippen LogP contribution >= 0.6 is 0 Å². The molecule has 0 N–H and O–H groups in total. The summed E-state index contributed by atoms with van der Waals surface area (Å²) in [6.45, 7) is 7.51. The van der Waals surface area contributed by atoms with Crippen molar-refractivity contribution in [1.82, 2.24) is 0 Å². The highest BCUT2D eigenvalue weighted by Gasteiger charge is 2.51. The van der Waals surface area contributed by atoms with Crippen molar-refractivity contribution < 1.29 is 14.3 Å². The second-order valence-corrected chi connectivity index (χ2v) is 4.77. The molecule has 0 spiro atoms. The monoisotopic (exact) mass is 210 g/mol. The van der Waals surface area contributed by atoms with E-state index >= 15 is 0 Å². The zero-order chi connectivity index (χ0) is 11.6. The van der Waals surface area contributed by atoms with E-state index < -0.39 is 11.9 Å². The molecule has 3 nitrogen and oxygen atoms in total. The lowest BCUT2D eigenvalue weighted by Gasteiger charge is -2.22. The molecule has 1 fully saturated rings. The number of allylic oxidation sites excluding steroid dienone is 1. The third-order valence-corrected chi connectivity index (χ3v) is 3.13. The highest BCUT2D eigenvalue weighted by Crippen LogP contribution is 2.45. The van der Waals surface area contributed by atoms with Crippen molar-refractivity contribution in [1.29, 1.82) is 0 Å². The molecule has 0 aromatic carbocycles. The standard InChI is InChI=1S/C12H18O3/c1-5-6-8-7-12(2,3)9(10(8)13)11(14)15-4/h5,8-9H,1,6-7H2,2-4H3. The first-order valence-electron chi connectivity index (χ1n) is 5.16. The first-order valence-corrected chi connectivity index (χ1v) is 5.16. The minimum absolute atomic E-state index is 0.00625. The summed E-state index contributed by atoms with van der Waals surface area (Å²) in [5.74, 6) is -1.07. The Bertz CT molecular complexity index is 291. The Hall–Kier alpha value is -1.12. The van der Waals surface area contributed by atoms with Gasteiger partial charge in [-0.15, -0.1) is 6.58 Å². The molecular weight excluding hydrogens is 192 g/mol. The van der Waals surface area contributed by atoms with Gasteiger partial charge >= 0.3 is 5.97 Å². The van der Waals surface area contributed by atoms with Gasteiger partial charge in [0, 0.05) is 5.92 Å². The smallest absolute Gasteiger partial charge is 0.316 e. The van der Waals surface area contributed by atoms with Gasteiger partial charge in [0.1, 0.15) is 5.92 Å². The van der Waals surface area contributed by atoms with E-state index in [9.17, 15) is 9.59 Å². The van der Waals surface area contributed by atoms with Crippen LogP contribution in [0, 0.1) is 17.3 Å². The largest absolute Gasteiger partial charge is 0.468 e. The maximum atomic E-state index is 12.0. The summed E-state index contributed by atoms with van der Waals surface area (Å²) < 4.78 is 4.68. The first kappa shape index (κ1) is 12.0. The van der Waals surface area contributed by atoms with E-state index in [0.29, 0.717) is 6.42 Å². The maximum absolute atomic E-state index is 12.0.